The van der Waals surface area contributed by atoms with Gasteiger partial charge in [-0.05, 0) is 19.1 Å². The summed E-state index contributed by atoms with van der Waals surface area (Å²) in [5.41, 5.74) is 0.864. The van der Waals surface area contributed by atoms with Crippen LogP contribution >= 0.6 is 0 Å². The molecule has 0 saturated heterocycles. The average molecular weight is 249 g/mol. The molecule has 98 valence electrons. The summed E-state index contributed by atoms with van der Waals surface area (Å²) in [6.45, 7) is 6.42. The molecular formula is C13H19N3O2. The van der Waals surface area contributed by atoms with Gasteiger partial charge in [0.1, 0.15) is 0 Å². The minimum atomic E-state index is -0.271. The van der Waals surface area contributed by atoms with Crippen LogP contribution in [0.1, 0.15) is 26.5 Å². The normalized spacial score (nSPS) is 11.1. The van der Waals surface area contributed by atoms with E-state index in [9.17, 15) is 9.59 Å². The van der Waals surface area contributed by atoms with E-state index in [4.69, 9.17) is 0 Å². The van der Waals surface area contributed by atoms with Crippen LogP contribution in [0.15, 0.2) is 18.3 Å². The van der Waals surface area contributed by atoms with Gasteiger partial charge in [0.2, 0.25) is 5.91 Å². The maximum atomic E-state index is 11.5. The SMILES string of the molecule is CCn1nccc1/C=C/C(=O)NCC(=O)C(C)C. The van der Waals surface area contributed by atoms with E-state index in [0.29, 0.717) is 0 Å². The Morgan fingerprint density at radius 1 is 1.50 bits per heavy atom. The third kappa shape index (κ3) is 4.16. The van der Waals surface area contributed by atoms with Gasteiger partial charge in [-0.15, -0.1) is 0 Å². The van der Waals surface area contributed by atoms with Crippen LogP contribution in [0.25, 0.3) is 6.08 Å². The molecule has 1 heterocycles. The zero-order valence-electron chi connectivity index (χ0n) is 11.0. The zero-order valence-corrected chi connectivity index (χ0v) is 11.0. The van der Waals surface area contributed by atoms with E-state index in [1.54, 1.807) is 17.0 Å². The maximum absolute atomic E-state index is 11.5. The van der Waals surface area contributed by atoms with Crippen molar-refractivity contribution >= 4 is 17.8 Å². The molecule has 0 fully saturated rings. The van der Waals surface area contributed by atoms with Crippen molar-refractivity contribution in [2.75, 3.05) is 6.54 Å². The van der Waals surface area contributed by atoms with Gasteiger partial charge in [-0.25, -0.2) is 0 Å². The lowest BCUT2D eigenvalue weighted by Crippen LogP contribution is -2.30. The molecule has 1 rings (SSSR count). The van der Waals surface area contributed by atoms with Crippen LogP contribution in [-0.4, -0.2) is 28.0 Å². The molecule has 0 aliphatic rings. The topological polar surface area (TPSA) is 64.0 Å². The lowest BCUT2D eigenvalue weighted by atomic mass is 10.1. The van der Waals surface area contributed by atoms with E-state index in [1.807, 2.05) is 26.8 Å². The predicted octanol–water partition coefficient (Wildman–Crippen LogP) is 1.26. The summed E-state index contributed by atoms with van der Waals surface area (Å²) in [5.74, 6) is -0.306. The fourth-order valence-electron chi connectivity index (χ4n) is 1.35. The van der Waals surface area contributed by atoms with Gasteiger partial charge in [0.15, 0.2) is 5.78 Å². The first kappa shape index (κ1) is 14.2. The number of ketones is 1. The van der Waals surface area contributed by atoms with Crippen molar-refractivity contribution in [3.63, 3.8) is 0 Å². The summed E-state index contributed by atoms with van der Waals surface area (Å²) in [5, 5.41) is 6.65. The van der Waals surface area contributed by atoms with Crippen molar-refractivity contribution in [3.05, 3.63) is 24.0 Å². The molecule has 1 amide bonds. The molecular weight excluding hydrogens is 230 g/mol. The number of amides is 1. The maximum Gasteiger partial charge on any atom is 0.244 e. The quantitative estimate of drug-likeness (QED) is 0.772. The summed E-state index contributed by atoms with van der Waals surface area (Å²) >= 11 is 0. The Labute approximate surface area is 107 Å². The second-order valence-electron chi connectivity index (χ2n) is 4.24. The smallest absolute Gasteiger partial charge is 0.244 e. The van der Waals surface area contributed by atoms with E-state index in [1.165, 1.54) is 6.08 Å². The van der Waals surface area contributed by atoms with Gasteiger partial charge in [0.25, 0.3) is 0 Å². The second-order valence-corrected chi connectivity index (χ2v) is 4.24. The molecule has 1 N–H and O–H groups in total. The summed E-state index contributed by atoms with van der Waals surface area (Å²) in [6.07, 6.45) is 4.78. The number of carbonyl (C=O) groups excluding carboxylic acids is 2. The van der Waals surface area contributed by atoms with Gasteiger partial charge in [0, 0.05) is 24.7 Å². The molecule has 0 saturated carbocycles. The predicted molar refractivity (Wildman–Crippen MR) is 69.8 cm³/mol. The van der Waals surface area contributed by atoms with E-state index in [2.05, 4.69) is 10.4 Å². The highest BCUT2D eigenvalue weighted by Crippen LogP contribution is 2.01. The van der Waals surface area contributed by atoms with Crippen LogP contribution in [0.5, 0.6) is 0 Å². The summed E-state index contributed by atoms with van der Waals surface area (Å²) in [7, 11) is 0. The van der Waals surface area contributed by atoms with Crippen LogP contribution in [0, 0.1) is 5.92 Å². The standard InChI is InChI=1S/C13H19N3O2/c1-4-16-11(7-8-15-16)5-6-13(18)14-9-12(17)10(2)3/h5-8,10H,4,9H2,1-3H3,(H,14,18)/b6-5+. The minimum absolute atomic E-state index is 0.0235. The lowest BCUT2D eigenvalue weighted by Gasteiger charge is -2.04. The zero-order chi connectivity index (χ0) is 13.5. The van der Waals surface area contributed by atoms with Crippen LogP contribution in [-0.2, 0) is 16.1 Å². The van der Waals surface area contributed by atoms with Crippen molar-refractivity contribution in [2.45, 2.75) is 27.3 Å². The van der Waals surface area contributed by atoms with Crippen LogP contribution in [0.3, 0.4) is 0 Å². The number of rotatable bonds is 6. The van der Waals surface area contributed by atoms with Gasteiger partial charge >= 0.3 is 0 Å². The fourth-order valence-corrected chi connectivity index (χ4v) is 1.35. The Bertz CT molecular complexity index is 447. The van der Waals surface area contributed by atoms with E-state index in [-0.39, 0.29) is 24.2 Å². The first-order valence-electron chi connectivity index (χ1n) is 6.05. The lowest BCUT2D eigenvalue weighted by molar-refractivity contribution is -0.124. The van der Waals surface area contributed by atoms with Crippen molar-refractivity contribution < 1.29 is 9.59 Å². The summed E-state index contributed by atoms with van der Waals surface area (Å²) in [6, 6.07) is 1.83. The molecule has 0 aliphatic carbocycles. The van der Waals surface area contributed by atoms with Gasteiger partial charge in [-0.2, -0.15) is 5.10 Å². The molecule has 0 atom stereocenters. The number of aryl methyl sites for hydroxylation is 1. The van der Waals surface area contributed by atoms with E-state index < -0.39 is 0 Å². The Hall–Kier alpha value is -1.91. The third-order valence-corrected chi connectivity index (χ3v) is 2.54. The highest BCUT2D eigenvalue weighted by Gasteiger charge is 2.07. The Kier molecular flexibility index (Phi) is 5.30. The van der Waals surface area contributed by atoms with Crippen LogP contribution in [0.2, 0.25) is 0 Å². The first-order valence-corrected chi connectivity index (χ1v) is 6.05. The van der Waals surface area contributed by atoms with Crippen LogP contribution < -0.4 is 5.32 Å². The van der Waals surface area contributed by atoms with Crippen molar-refractivity contribution in [3.8, 4) is 0 Å². The number of aromatic nitrogens is 2. The molecule has 5 heteroatoms. The number of hydrogen-bond acceptors (Lipinski definition) is 3. The van der Waals surface area contributed by atoms with E-state index >= 15 is 0 Å². The molecule has 0 bridgehead atoms. The van der Waals surface area contributed by atoms with Gasteiger partial charge < -0.3 is 5.32 Å². The van der Waals surface area contributed by atoms with Crippen LogP contribution in [0.4, 0.5) is 0 Å². The first-order chi connectivity index (χ1) is 8.54. The summed E-state index contributed by atoms with van der Waals surface area (Å²) in [4.78, 5) is 22.8. The number of carbonyl (C=O) groups is 2. The average Bonchev–Trinajstić information content (AvgIpc) is 2.80. The number of Topliss-reactive ketones (excluding diaryl/α,β-unsaturated/α-hetero) is 1. The van der Waals surface area contributed by atoms with Crippen molar-refractivity contribution in [1.29, 1.82) is 0 Å². The highest BCUT2D eigenvalue weighted by molar-refractivity contribution is 5.94. The largest absolute Gasteiger partial charge is 0.345 e. The summed E-state index contributed by atoms with van der Waals surface area (Å²) < 4.78 is 1.78. The molecule has 5 nitrogen and oxygen atoms in total. The number of nitrogens with one attached hydrogen (secondary N) is 1. The Balaban J connectivity index is 2.48. The van der Waals surface area contributed by atoms with Gasteiger partial charge in [0.05, 0.1) is 12.2 Å². The second kappa shape index (κ2) is 6.74. The third-order valence-electron chi connectivity index (χ3n) is 2.54. The molecule has 1 aromatic rings. The molecule has 0 unspecified atom stereocenters. The molecule has 0 spiro atoms. The monoisotopic (exact) mass is 249 g/mol. The fraction of sp³-hybridized carbons (Fsp3) is 0.462. The van der Waals surface area contributed by atoms with Crippen molar-refractivity contribution in [1.82, 2.24) is 15.1 Å². The van der Waals surface area contributed by atoms with Gasteiger partial charge in [-0.1, -0.05) is 13.8 Å². The molecule has 18 heavy (non-hydrogen) atoms. The Morgan fingerprint density at radius 2 is 2.22 bits per heavy atom. The van der Waals surface area contributed by atoms with E-state index in [0.717, 1.165) is 12.2 Å². The number of hydrogen-bond donors (Lipinski definition) is 1. The highest BCUT2D eigenvalue weighted by atomic mass is 16.2. The molecule has 0 aliphatic heterocycles. The van der Waals surface area contributed by atoms with Crippen molar-refractivity contribution in [2.24, 2.45) is 5.92 Å². The minimum Gasteiger partial charge on any atom is -0.345 e. The molecule has 1 aromatic heterocycles. The Morgan fingerprint density at radius 3 is 2.83 bits per heavy atom. The molecule has 0 radical (unpaired) electrons. The van der Waals surface area contributed by atoms with Gasteiger partial charge in [-0.3, -0.25) is 14.3 Å². The molecule has 0 aromatic carbocycles. The number of nitrogens with zero attached hydrogens (tertiary/aromatic N) is 2.